The van der Waals surface area contributed by atoms with E-state index in [2.05, 4.69) is 10.3 Å². The van der Waals surface area contributed by atoms with Gasteiger partial charge >= 0.3 is 0 Å². The van der Waals surface area contributed by atoms with Crippen LogP contribution in [0, 0.1) is 25.6 Å². The van der Waals surface area contributed by atoms with Crippen molar-refractivity contribution in [1.29, 1.82) is 0 Å². The summed E-state index contributed by atoms with van der Waals surface area (Å²) < 4.78 is 21.2. The molecule has 166 valence electrons. The van der Waals surface area contributed by atoms with E-state index in [-0.39, 0.29) is 5.56 Å². The smallest absolute Gasteiger partial charge is 0.261 e. The lowest BCUT2D eigenvalue weighted by Gasteiger charge is -2.23. The van der Waals surface area contributed by atoms with E-state index in [9.17, 15) is 14.0 Å². The molecule has 2 aromatic heterocycles. The summed E-state index contributed by atoms with van der Waals surface area (Å²) in [5.41, 5.74) is 2.22. The molecule has 1 aliphatic heterocycles. The minimum absolute atomic E-state index is 0.00193. The van der Waals surface area contributed by atoms with Crippen LogP contribution in [-0.2, 0) is 11.3 Å². The quantitative estimate of drug-likeness (QED) is 0.647. The highest BCUT2D eigenvalue weighted by atomic mass is 19.1. The summed E-state index contributed by atoms with van der Waals surface area (Å²) in [6.45, 7) is 5.66. The zero-order chi connectivity index (χ0) is 22.7. The molecule has 4 rings (SSSR count). The first kappa shape index (κ1) is 21.9. The van der Waals surface area contributed by atoms with Gasteiger partial charge in [-0.05, 0) is 61.9 Å². The van der Waals surface area contributed by atoms with Crippen molar-refractivity contribution in [1.82, 2.24) is 9.55 Å². The standard InChI is InChI=1S/C25H26FN3O3/c1-16-3-6-23(27-12-16)20-14-29(13-18-7-9-32-10-8-18)15-21(24(20)30)25(31)28-19-5-4-17(2)22(26)11-19/h3-6,11-12,14-15,18H,7-10,13H2,1-2H3,(H,28,31). The fraction of sp³-hybridized carbons (Fsp3) is 0.320. The average molecular weight is 435 g/mol. The summed E-state index contributed by atoms with van der Waals surface area (Å²) >= 11 is 0. The van der Waals surface area contributed by atoms with E-state index in [0.29, 0.717) is 48.2 Å². The molecule has 0 saturated carbocycles. The molecule has 7 heteroatoms. The molecule has 1 amide bonds. The molecule has 1 N–H and O–H groups in total. The van der Waals surface area contributed by atoms with E-state index in [1.807, 2.05) is 17.6 Å². The number of hydrogen-bond donors (Lipinski definition) is 1. The van der Waals surface area contributed by atoms with Crippen molar-refractivity contribution < 1.29 is 13.9 Å². The third kappa shape index (κ3) is 4.94. The SMILES string of the molecule is Cc1ccc(-c2cn(CC3CCOCC3)cc(C(=O)Nc3ccc(C)c(F)c3)c2=O)nc1. The molecular weight excluding hydrogens is 409 g/mol. The van der Waals surface area contributed by atoms with Crippen LogP contribution in [0.5, 0.6) is 0 Å². The summed E-state index contributed by atoms with van der Waals surface area (Å²) in [7, 11) is 0. The largest absolute Gasteiger partial charge is 0.381 e. The maximum Gasteiger partial charge on any atom is 0.261 e. The predicted molar refractivity (Wildman–Crippen MR) is 121 cm³/mol. The number of benzene rings is 1. The van der Waals surface area contributed by atoms with Crippen LogP contribution in [0.15, 0.2) is 53.7 Å². The van der Waals surface area contributed by atoms with E-state index in [4.69, 9.17) is 4.74 Å². The lowest BCUT2D eigenvalue weighted by molar-refractivity contribution is 0.0612. The maximum absolute atomic E-state index is 13.9. The van der Waals surface area contributed by atoms with Crippen LogP contribution < -0.4 is 10.7 Å². The second kappa shape index (κ2) is 9.44. The summed E-state index contributed by atoms with van der Waals surface area (Å²) in [6, 6.07) is 8.11. The number of aryl methyl sites for hydroxylation is 2. The molecule has 0 bridgehead atoms. The van der Waals surface area contributed by atoms with Gasteiger partial charge in [-0.1, -0.05) is 12.1 Å². The van der Waals surface area contributed by atoms with Gasteiger partial charge in [0.1, 0.15) is 11.4 Å². The third-order valence-corrected chi connectivity index (χ3v) is 5.75. The van der Waals surface area contributed by atoms with Gasteiger partial charge in [-0.25, -0.2) is 4.39 Å². The molecule has 0 radical (unpaired) electrons. The van der Waals surface area contributed by atoms with Crippen LogP contribution in [0.2, 0.25) is 0 Å². The Kier molecular flexibility index (Phi) is 6.46. The Bertz CT molecular complexity index is 1180. The molecule has 0 atom stereocenters. The minimum Gasteiger partial charge on any atom is -0.381 e. The van der Waals surface area contributed by atoms with E-state index in [1.54, 1.807) is 43.7 Å². The molecule has 1 saturated heterocycles. The van der Waals surface area contributed by atoms with Gasteiger partial charge < -0.3 is 14.6 Å². The molecule has 3 aromatic rings. The zero-order valence-corrected chi connectivity index (χ0v) is 18.2. The number of aromatic nitrogens is 2. The van der Waals surface area contributed by atoms with Gasteiger partial charge in [-0.15, -0.1) is 0 Å². The van der Waals surface area contributed by atoms with Crippen LogP contribution in [0.4, 0.5) is 10.1 Å². The van der Waals surface area contributed by atoms with Crippen molar-refractivity contribution in [3.63, 3.8) is 0 Å². The molecule has 1 fully saturated rings. The minimum atomic E-state index is -0.576. The highest BCUT2D eigenvalue weighted by molar-refractivity contribution is 6.04. The Labute approximate surface area is 186 Å². The molecule has 0 aliphatic carbocycles. The van der Waals surface area contributed by atoms with E-state index < -0.39 is 17.2 Å². The van der Waals surface area contributed by atoms with Crippen molar-refractivity contribution in [2.75, 3.05) is 18.5 Å². The van der Waals surface area contributed by atoms with Gasteiger partial charge in [0, 0.05) is 44.0 Å². The first-order valence-electron chi connectivity index (χ1n) is 10.7. The van der Waals surface area contributed by atoms with Gasteiger partial charge in [0.15, 0.2) is 0 Å². The fourth-order valence-corrected chi connectivity index (χ4v) is 3.80. The lowest BCUT2D eigenvalue weighted by Crippen LogP contribution is -2.27. The number of amides is 1. The Morgan fingerprint density at radius 3 is 2.66 bits per heavy atom. The lowest BCUT2D eigenvalue weighted by atomic mass is 10.00. The van der Waals surface area contributed by atoms with Gasteiger partial charge in [0.25, 0.3) is 5.91 Å². The topological polar surface area (TPSA) is 73.2 Å². The molecule has 32 heavy (non-hydrogen) atoms. The predicted octanol–water partition coefficient (Wildman–Crippen LogP) is 4.35. The van der Waals surface area contributed by atoms with Crippen LogP contribution in [0.3, 0.4) is 0 Å². The summed E-state index contributed by atoms with van der Waals surface area (Å²) in [4.78, 5) is 30.7. The summed E-state index contributed by atoms with van der Waals surface area (Å²) in [5, 5.41) is 2.65. The zero-order valence-electron chi connectivity index (χ0n) is 18.2. The molecule has 1 aromatic carbocycles. The van der Waals surface area contributed by atoms with E-state index >= 15 is 0 Å². The Morgan fingerprint density at radius 1 is 1.19 bits per heavy atom. The van der Waals surface area contributed by atoms with Gasteiger partial charge in [-0.3, -0.25) is 14.6 Å². The molecule has 6 nitrogen and oxygen atoms in total. The third-order valence-electron chi connectivity index (χ3n) is 5.75. The van der Waals surface area contributed by atoms with Crippen LogP contribution in [-0.4, -0.2) is 28.7 Å². The summed E-state index contributed by atoms with van der Waals surface area (Å²) in [6.07, 6.45) is 6.88. The van der Waals surface area contributed by atoms with Gasteiger partial charge in [0.05, 0.1) is 11.3 Å². The number of nitrogens with one attached hydrogen (secondary N) is 1. The number of anilines is 1. The second-order valence-electron chi connectivity index (χ2n) is 8.31. The number of hydrogen-bond acceptors (Lipinski definition) is 4. The fourth-order valence-electron chi connectivity index (χ4n) is 3.80. The van der Waals surface area contributed by atoms with Crippen LogP contribution in [0.1, 0.15) is 34.3 Å². The number of ether oxygens (including phenoxy) is 1. The van der Waals surface area contributed by atoms with Gasteiger partial charge in [0.2, 0.25) is 5.43 Å². The number of carbonyl (C=O) groups excluding carboxylic acids is 1. The van der Waals surface area contributed by atoms with Crippen LogP contribution >= 0.6 is 0 Å². The van der Waals surface area contributed by atoms with E-state index in [1.165, 1.54) is 6.07 Å². The van der Waals surface area contributed by atoms with Gasteiger partial charge in [-0.2, -0.15) is 0 Å². The van der Waals surface area contributed by atoms with Crippen molar-refractivity contribution in [2.45, 2.75) is 33.2 Å². The molecule has 3 heterocycles. The Balaban J connectivity index is 1.71. The average Bonchev–Trinajstić information content (AvgIpc) is 2.78. The number of pyridine rings is 2. The maximum atomic E-state index is 13.9. The van der Waals surface area contributed by atoms with Crippen molar-refractivity contribution in [2.24, 2.45) is 5.92 Å². The Morgan fingerprint density at radius 2 is 1.97 bits per heavy atom. The van der Waals surface area contributed by atoms with Crippen LogP contribution in [0.25, 0.3) is 11.3 Å². The normalized spacial score (nSPS) is 14.3. The molecule has 0 spiro atoms. The van der Waals surface area contributed by atoms with E-state index in [0.717, 1.165) is 18.4 Å². The number of rotatable bonds is 5. The number of carbonyl (C=O) groups is 1. The second-order valence-corrected chi connectivity index (χ2v) is 8.31. The first-order chi connectivity index (χ1) is 15.4. The van der Waals surface area contributed by atoms with Crippen molar-refractivity contribution in [3.05, 3.63) is 81.7 Å². The number of nitrogens with zero attached hydrogens (tertiary/aromatic N) is 2. The number of halogens is 1. The summed E-state index contributed by atoms with van der Waals surface area (Å²) in [5.74, 6) is -0.600. The highest BCUT2D eigenvalue weighted by Gasteiger charge is 2.20. The molecular formula is C25H26FN3O3. The monoisotopic (exact) mass is 435 g/mol. The first-order valence-corrected chi connectivity index (χ1v) is 10.7. The molecule has 1 aliphatic rings. The Hall–Kier alpha value is -3.32. The van der Waals surface area contributed by atoms with Crippen molar-refractivity contribution in [3.8, 4) is 11.3 Å². The molecule has 0 unspecified atom stereocenters. The highest BCUT2D eigenvalue weighted by Crippen LogP contribution is 2.20. The van der Waals surface area contributed by atoms with Crippen molar-refractivity contribution >= 4 is 11.6 Å².